The number of hydrogen-bond acceptors (Lipinski definition) is 3. The van der Waals surface area contributed by atoms with Crippen LogP contribution in [0.15, 0.2) is 0 Å². The molecule has 0 radical (unpaired) electrons. The van der Waals surface area contributed by atoms with Crippen LogP contribution in [-0.4, -0.2) is 42.2 Å². The fourth-order valence-electron chi connectivity index (χ4n) is 2.38. The Bertz CT molecular complexity index is 306. The molecule has 2 atom stereocenters. The topological polar surface area (TPSA) is 55.6 Å². The van der Waals surface area contributed by atoms with Crippen LogP contribution in [0.2, 0.25) is 0 Å². The van der Waals surface area contributed by atoms with Crippen LogP contribution in [0.5, 0.6) is 0 Å². The monoisotopic (exact) mass is 278 g/mol. The number of piperidine rings is 1. The predicted molar refractivity (Wildman–Crippen MR) is 69.1 cm³/mol. The zero-order valence-electron chi connectivity index (χ0n) is 11.9. The first-order valence-electron chi connectivity index (χ1n) is 6.74. The summed E-state index contributed by atoms with van der Waals surface area (Å²) in [4.78, 5) is 13.5. The van der Waals surface area contributed by atoms with Gasteiger partial charge in [0.05, 0.1) is 5.92 Å². The molecule has 1 fully saturated rings. The lowest BCUT2D eigenvalue weighted by Gasteiger charge is -2.40. The normalized spacial score (nSPS) is 22.5. The molecule has 0 saturated carbocycles. The van der Waals surface area contributed by atoms with E-state index >= 15 is 0 Å². The summed E-state index contributed by atoms with van der Waals surface area (Å²) in [5.41, 5.74) is 4.81. The minimum Gasteiger partial charge on any atom is -0.444 e. The lowest BCUT2D eigenvalue weighted by Crippen LogP contribution is -2.52. The summed E-state index contributed by atoms with van der Waals surface area (Å²) in [6.45, 7) is 5.62. The van der Waals surface area contributed by atoms with Crippen LogP contribution in [0.1, 0.15) is 40.0 Å². The highest BCUT2D eigenvalue weighted by Gasteiger charge is 2.38. The van der Waals surface area contributed by atoms with Crippen molar-refractivity contribution in [3.63, 3.8) is 0 Å². The molecule has 2 unspecified atom stereocenters. The van der Waals surface area contributed by atoms with Crippen molar-refractivity contribution in [1.82, 2.24) is 4.90 Å². The Morgan fingerprint density at radius 3 is 2.53 bits per heavy atom. The summed E-state index contributed by atoms with van der Waals surface area (Å²) in [5, 5.41) is 0. The van der Waals surface area contributed by atoms with Gasteiger partial charge in [0.1, 0.15) is 5.60 Å². The summed E-state index contributed by atoms with van der Waals surface area (Å²) in [7, 11) is 0. The van der Waals surface area contributed by atoms with E-state index in [0.717, 1.165) is 12.8 Å². The smallest absolute Gasteiger partial charge is 0.410 e. The van der Waals surface area contributed by atoms with E-state index in [1.54, 1.807) is 20.8 Å². The van der Waals surface area contributed by atoms with Crippen LogP contribution < -0.4 is 5.73 Å². The molecule has 112 valence electrons. The Morgan fingerprint density at radius 1 is 1.42 bits per heavy atom. The molecule has 0 aromatic rings. The molecule has 0 bridgehead atoms. The van der Waals surface area contributed by atoms with E-state index in [-0.39, 0.29) is 6.54 Å². The molecular weight excluding hydrogens is 254 g/mol. The van der Waals surface area contributed by atoms with Crippen molar-refractivity contribution in [3.05, 3.63) is 0 Å². The number of carbonyl (C=O) groups is 1. The molecule has 4 nitrogen and oxygen atoms in total. The average Bonchev–Trinajstić information content (AvgIpc) is 2.27. The number of alkyl halides is 2. The Balaban J connectivity index is 2.79. The molecule has 0 spiro atoms. The van der Waals surface area contributed by atoms with Crippen molar-refractivity contribution < 1.29 is 18.3 Å². The predicted octanol–water partition coefficient (Wildman–Crippen LogP) is 2.62. The zero-order chi connectivity index (χ0) is 14.6. The summed E-state index contributed by atoms with van der Waals surface area (Å²) in [5.74, 6) is -0.979. The van der Waals surface area contributed by atoms with Crippen LogP contribution in [0, 0.1) is 5.92 Å². The molecule has 1 aliphatic heterocycles. The number of carbonyl (C=O) groups excluding carboxylic acids is 1. The van der Waals surface area contributed by atoms with Gasteiger partial charge in [-0.3, -0.25) is 0 Å². The van der Waals surface area contributed by atoms with E-state index in [1.807, 2.05) is 0 Å². The second-order valence-electron chi connectivity index (χ2n) is 5.97. The number of amides is 1. The maximum atomic E-state index is 13.0. The third-order valence-electron chi connectivity index (χ3n) is 3.27. The van der Waals surface area contributed by atoms with E-state index < -0.39 is 30.1 Å². The molecular formula is C13H24F2N2O2. The van der Waals surface area contributed by atoms with Crippen molar-refractivity contribution >= 4 is 6.09 Å². The Morgan fingerprint density at radius 2 is 2.05 bits per heavy atom. The van der Waals surface area contributed by atoms with E-state index in [0.29, 0.717) is 13.0 Å². The minimum atomic E-state index is -2.52. The van der Waals surface area contributed by atoms with Crippen LogP contribution in [0.25, 0.3) is 0 Å². The maximum Gasteiger partial charge on any atom is 0.410 e. The van der Waals surface area contributed by atoms with Crippen LogP contribution in [0.3, 0.4) is 0 Å². The second kappa shape index (κ2) is 6.50. The maximum absolute atomic E-state index is 13.0. The number of rotatable bonds is 3. The summed E-state index contributed by atoms with van der Waals surface area (Å²) < 4.78 is 31.3. The van der Waals surface area contributed by atoms with Gasteiger partial charge in [-0.25, -0.2) is 13.6 Å². The highest BCUT2D eigenvalue weighted by Crippen LogP contribution is 2.28. The van der Waals surface area contributed by atoms with E-state index in [9.17, 15) is 13.6 Å². The van der Waals surface area contributed by atoms with Gasteiger partial charge in [-0.05, 0) is 40.0 Å². The van der Waals surface area contributed by atoms with Crippen molar-refractivity contribution in [2.45, 2.75) is 58.1 Å². The highest BCUT2D eigenvalue weighted by atomic mass is 19.3. The molecule has 0 aliphatic carbocycles. The van der Waals surface area contributed by atoms with Crippen LogP contribution in [0.4, 0.5) is 13.6 Å². The molecule has 1 amide bonds. The Kier molecular flexibility index (Phi) is 5.52. The molecule has 0 aromatic heterocycles. The molecule has 1 aliphatic rings. The van der Waals surface area contributed by atoms with E-state index in [1.165, 1.54) is 4.90 Å². The van der Waals surface area contributed by atoms with Crippen molar-refractivity contribution in [1.29, 1.82) is 0 Å². The second-order valence-corrected chi connectivity index (χ2v) is 5.97. The SMILES string of the molecule is CC(C)(C)OC(=O)N1CCCCC1C(CN)C(F)F. The fourth-order valence-corrected chi connectivity index (χ4v) is 2.38. The van der Waals surface area contributed by atoms with Gasteiger partial charge in [0.2, 0.25) is 6.43 Å². The van der Waals surface area contributed by atoms with E-state index in [4.69, 9.17) is 10.5 Å². The first-order valence-corrected chi connectivity index (χ1v) is 6.74. The number of nitrogens with two attached hydrogens (primary N) is 1. The zero-order valence-corrected chi connectivity index (χ0v) is 11.9. The highest BCUT2D eigenvalue weighted by molar-refractivity contribution is 5.68. The molecule has 6 heteroatoms. The third kappa shape index (κ3) is 4.60. The molecule has 1 saturated heterocycles. The lowest BCUT2D eigenvalue weighted by molar-refractivity contribution is -0.0224. The third-order valence-corrected chi connectivity index (χ3v) is 3.27. The Labute approximate surface area is 113 Å². The number of halogens is 2. The summed E-state index contributed by atoms with van der Waals surface area (Å²) >= 11 is 0. The number of nitrogens with zero attached hydrogens (tertiary/aromatic N) is 1. The first kappa shape index (κ1) is 16.1. The van der Waals surface area contributed by atoms with Gasteiger partial charge in [0, 0.05) is 19.1 Å². The van der Waals surface area contributed by atoms with Gasteiger partial charge in [0.25, 0.3) is 0 Å². The van der Waals surface area contributed by atoms with Gasteiger partial charge in [-0.2, -0.15) is 0 Å². The molecule has 1 heterocycles. The lowest BCUT2D eigenvalue weighted by atomic mass is 9.90. The average molecular weight is 278 g/mol. The molecule has 2 N–H and O–H groups in total. The van der Waals surface area contributed by atoms with Gasteiger partial charge < -0.3 is 15.4 Å². The molecule has 0 aromatic carbocycles. The van der Waals surface area contributed by atoms with Crippen LogP contribution in [-0.2, 0) is 4.74 Å². The number of ether oxygens (including phenoxy) is 1. The number of likely N-dealkylation sites (tertiary alicyclic amines) is 1. The standard InChI is InChI=1S/C13H24F2N2O2/c1-13(2,3)19-12(18)17-7-5-4-6-10(17)9(8-16)11(14)15/h9-11H,4-8,16H2,1-3H3. The van der Waals surface area contributed by atoms with Gasteiger partial charge >= 0.3 is 6.09 Å². The molecule has 1 rings (SSSR count). The minimum absolute atomic E-state index is 0.123. The van der Waals surface area contributed by atoms with Gasteiger partial charge in [-0.15, -0.1) is 0 Å². The first-order chi connectivity index (χ1) is 8.76. The van der Waals surface area contributed by atoms with E-state index in [2.05, 4.69) is 0 Å². The quantitative estimate of drug-likeness (QED) is 0.863. The van der Waals surface area contributed by atoms with Crippen molar-refractivity contribution in [2.24, 2.45) is 11.7 Å². The summed E-state index contributed by atoms with van der Waals surface area (Å²) in [6, 6.07) is -0.520. The number of hydrogen-bond donors (Lipinski definition) is 1. The van der Waals surface area contributed by atoms with Crippen molar-refractivity contribution in [2.75, 3.05) is 13.1 Å². The van der Waals surface area contributed by atoms with Gasteiger partial charge in [-0.1, -0.05) is 0 Å². The summed E-state index contributed by atoms with van der Waals surface area (Å²) in [6.07, 6.45) is -0.816. The fraction of sp³-hybridized carbons (Fsp3) is 0.923. The largest absolute Gasteiger partial charge is 0.444 e. The Hall–Kier alpha value is -0.910. The van der Waals surface area contributed by atoms with Crippen molar-refractivity contribution in [3.8, 4) is 0 Å². The van der Waals surface area contributed by atoms with Gasteiger partial charge in [0.15, 0.2) is 0 Å². The molecule has 19 heavy (non-hydrogen) atoms. The van der Waals surface area contributed by atoms with Crippen LogP contribution >= 0.6 is 0 Å².